The molecule has 1 aliphatic heterocycles. The minimum absolute atomic E-state index is 0.0337. The molecule has 21 heavy (non-hydrogen) atoms. The second kappa shape index (κ2) is 6.75. The second-order valence-electron chi connectivity index (χ2n) is 6.34. The van der Waals surface area contributed by atoms with Crippen LogP contribution in [0.2, 0.25) is 0 Å². The average molecular weight is 312 g/mol. The van der Waals surface area contributed by atoms with Crippen molar-refractivity contribution in [1.82, 2.24) is 9.88 Å². The molecule has 6 heteroatoms. The van der Waals surface area contributed by atoms with Crippen molar-refractivity contribution in [2.75, 3.05) is 13.1 Å². The minimum Gasteiger partial charge on any atom is -0.444 e. The summed E-state index contributed by atoms with van der Waals surface area (Å²) in [4.78, 5) is 18.1. The van der Waals surface area contributed by atoms with Gasteiger partial charge in [-0.25, -0.2) is 9.78 Å². The van der Waals surface area contributed by atoms with E-state index in [0.717, 1.165) is 24.4 Å². The van der Waals surface area contributed by atoms with Crippen molar-refractivity contribution in [1.29, 1.82) is 0 Å². The van der Waals surface area contributed by atoms with Crippen LogP contribution in [0.25, 0.3) is 0 Å². The Morgan fingerprint density at radius 3 is 2.90 bits per heavy atom. The topological polar surface area (TPSA) is 51.7 Å². The summed E-state index contributed by atoms with van der Waals surface area (Å²) in [5.74, 6) is 0. The number of likely N-dealkylation sites (tertiary alicyclic amines) is 1. The molecule has 5 nitrogen and oxygen atoms in total. The molecule has 1 aliphatic rings. The van der Waals surface area contributed by atoms with E-state index >= 15 is 0 Å². The predicted molar refractivity (Wildman–Crippen MR) is 82.4 cm³/mol. The number of carbonyl (C=O) groups excluding carboxylic acids is 1. The maximum Gasteiger partial charge on any atom is 0.410 e. The molecule has 1 aromatic heterocycles. The van der Waals surface area contributed by atoms with E-state index in [1.165, 1.54) is 0 Å². The van der Waals surface area contributed by atoms with Gasteiger partial charge in [-0.3, -0.25) is 0 Å². The molecule has 0 aromatic carbocycles. The monoisotopic (exact) mass is 312 g/mol. The van der Waals surface area contributed by atoms with Crippen LogP contribution in [0.3, 0.4) is 0 Å². The number of carbonyl (C=O) groups is 1. The summed E-state index contributed by atoms with van der Waals surface area (Å²) in [6.45, 7) is 8.98. The van der Waals surface area contributed by atoms with Gasteiger partial charge in [-0.1, -0.05) is 0 Å². The van der Waals surface area contributed by atoms with Gasteiger partial charge in [0.1, 0.15) is 16.7 Å². The van der Waals surface area contributed by atoms with Crippen LogP contribution in [0.15, 0.2) is 11.6 Å². The number of hydrogen-bond donors (Lipinski definition) is 0. The van der Waals surface area contributed by atoms with Gasteiger partial charge >= 0.3 is 6.09 Å². The molecule has 1 fully saturated rings. The van der Waals surface area contributed by atoms with Crippen LogP contribution in [0.4, 0.5) is 4.79 Å². The van der Waals surface area contributed by atoms with Gasteiger partial charge in [0, 0.05) is 18.1 Å². The number of aromatic nitrogens is 1. The molecule has 1 aromatic rings. The summed E-state index contributed by atoms with van der Waals surface area (Å²) in [6.07, 6.45) is 3.45. The van der Waals surface area contributed by atoms with Gasteiger partial charge < -0.3 is 14.4 Å². The minimum atomic E-state index is -0.459. The largest absolute Gasteiger partial charge is 0.444 e. The van der Waals surface area contributed by atoms with Crippen LogP contribution in [-0.2, 0) is 9.47 Å². The third-order valence-electron chi connectivity index (χ3n) is 3.23. The third kappa shape index (κ3) is 4.97. The van der Waals surface area contributed by atoms with E-state index < -0.39 is 5.60 Å². The highest BCUT2D eigenvalue weighted by atomic mass is 32.1. The molecular formula is C15H24N2O3S. The third-order valence-corrected chi connectivity index (χ3v) is 4.16. The Morgan fingerprint density at radius 2 is 2.29 bits per heavy atom. The highest BCUT2D eigenvalue weighted by Gasteiger charge is 2.29. The van der Waals surface area contributed by atoms with Gasteiger partial charge in [-0.15, -0.1) is 11.3 Å². The van der Waals surface area contributed by atoms with Crippen LogP contribution in [0.5, 0.6) is 0 Å². The fourth-order valence-corrected chi connectivity index (χ4v) is 2.95. The van der Waals surface area contributed by atoms with Gasteiger partial charge in [-0.05, 0) is 40.5 Å². The average Bonchev–Trinajstić information content (AvgIpc) is 2.91. The van der Waals surface area contributed by atoms with E-state index in [1.54, 1.807) is 22.4 Å². The zero-order valence-corrected chi connectivity index (χ0v) is 14.0. The van der Waals surface area contributed by atoms with E-state index in [4.69, 9.17) is 9.47 Å². The standard InChI is InChI=1S/C15H24N2O3S/c1-11(13-16-7-9-21-13)19-12-6-5-8-17(10-12)14(18)20-15(2,3)4/h7,9,11-12H,5-6,8,10H2,1-4H3. The lowest BCUT2D eigenvalue weighted by molar-refractivity contribution is -0.0485. The van der Waals surface area contributed by atoms with Crippen molar-refractivity contribution in [3.05, 3.63) is 16.6 Å². The first-order valence-corrected chi connectivity index (χ1v) is 8.26. The smallest absolute Gasteiger partial charge is 0.410 e. The molecule has 118 valence electrons. The molecule has 0 radical (unpaired) electrons. The molecular weight excluding hydrogens is 288 g/mol. The van der Waals surface area contributed by atoms with Gasteiger partial charge in [0.25, 0.3) is 0 Å². The fourth-order valence-electron chi connectivity index (χ4n) is 2.32. The molecule has 2 unspecified atom stereocenters. The second-order valence-corrected chi connectivity index (χ2v) is 7.27. The number of thiazole rings is 1. The number of nitrogens with zero attached hydrogens (tertiary/aromatic N) is 2. The summed E-state index contributed by atoms with van der Waals surface area (Å²) < 4.78 is 11.5. The van der Waals surface area contributed by atoms with Crippen LogP contribution in [0, 0.1) is 0 Å². The number of rotatable bonds is 3. The summed E-state index contributed by atoms with van der Waals surface area (Å²) in [6, 6.07) is 0. The fraction of sp³-hybridized carbons (Fsp3) is 0.733. The van der Waals surface area contributed by atoms with Gasteiger partial charge in [-0.2, -0.15) is 0 Å². The number of piperidine rings is 1. The Labute approximate surface area is 130 Å². The lowest BCUT2D eigenvalue weighted by Crippen LogP contribution is -2.45. The Balaban J connectivity index is 1.87. The SMILES string of the molecule is CC(OC1CCCN(C(=O)OC(C)(C)C)C1)c1nccs1. The van der Waals surface area contributed by atoms with Gasteiger partial charge in [0.05, 0.1) is 12.6 Å². The zero-order chi connectivity index (χ0) is 15.5. The lowest BCUT2D eigenvalue weighted by Gasteiger charge is -2.34. The quantitative estimate of drug-likeness (QED) is 0.855. The van der Waals surface area contributed by atoms with Crippen molar-refractivity contribution in [3.63, 3.8) is 0 Å². The van der Waals surface area contributed by atoms with E-state index in [2.05, 4.69) is 4.98 Å². The van der Waals surface area contributed by atoms with Gasteiger partial charge in [0.2, 0.25) is 0 Å². The van der Waals surface area contributed by atoms with Crippen molar-refractivity contribution < 1.29 is 14.3 Å². The Bertz CT molecular complexity index is 456. The normalized spacial score (nSPS) is 21.1. The Kier molecular flexibility index (Phi) is 5.22. The van der Waals surface area contributed by atoms with Crippen LogP contribution in [-0.4, -0.2) is 40.8 Å². The van der Waals surface area contributed by atoms with Crippen molar-refractivity contribution in [3.8, 4) is 0 Å². The van der Waals surface area contributed by atoms with Crippen molar-refractivity contribution in [2.24, 2.45) is 0 Å². The number of ether oxygens (including phenoxy) is 2. The highest BCUT2D eigenvalue weighted by Crippen LogP contribution is 2.25. The first kappa shape index (κ1) is 16.2. The number of hydrogen-bond acceptors (Lipinski definition) is 5. The van der Waals surface area contributed by atoms with Gasteiger partial charge in [0.15, 0.2) is 0 Å². The van der Waals surface area contributed by atoms with Crippen molar-refractivity contribution in [2.45, 2.75) is 58.3 Å². The summed E-state index contributed by atoms with van der Waals surface area (Å²) >= 11 is 1.59. The summed E-state index contributed by atoms with van der Waals surface area (Å²) in [5.41, 5.74) is -0.459. The molecule has 2 atom stereocenters. The van der Waals surface area contributed by atoms with E-state index in [9.17, 15) is 4.79 Å². The van der Waals surface area contributed by atoms with E-state index in [0.29, 0.717) is 6.54 Å². The molecule has 2 heterocycles. The molecule has 0 aliphatic carbocycles. The number of amides is 1. The van der Waals surface area contributed by atoms with E-state index in [-0.39, 0.29) is 18.3 Å². The summed E-state index contributed by atoms with van der Waals surface area (Å²) in [5, 5.41) is 2.92. The first-order chi connectivity index (χ1) is 9.85. The zero-order valence-electron chi connectivity index (χ0n) is 13.2. The lowest BCUT2D eigenvalue weighted by atomic mass is 10.1. The molecule has 0 bridgehead atoms. The molecule has 0 saturated carbocycles. The molecule has 1 amide bonds. The molecule has 2 rings (SSSR count). The first-order valence-electron chi connectivity index (χ1n) is 7.38. The Morgan fingerprint density at radius 1 is 1.52 bits per heavy atom. The predicted octanol–water partition coefficient (Wildman–Crippen LogP) is 3.62. The molecule has 0 spiro atoms. The molecule has 0 N–H and O–H groups in total. The Hall–Kier alpha value is -1.14. The maximum absolute atomic E-state index is 12.1. The highest BCUT2D eigenvalue weighted by molar-refractivity contribution is 7.09. The molecule has 1 saturated heterocycles. The summed E-state index contributed by atoms with van der Waals surface area (Å²) in [7, 11) is 0. The van der Waals surface area contributed by atoms with E-state index in [1.807, 2.05) is 33.1 Å². The van der Waals surface area contributed by atoms with Crippen LogP contribution >= 0.6 is 11.3 Å². The van der Waals surface area contributed by atoms with Crippen LogP contribution in [0.1, 0.15) is 51.6 Å². The van der Waals surface area contributed by atoms with Crippen molar-refractivity contribution >= 4 is 17.4 Å². The maximum atomic E-state index is 12.1. The van der Waals surface area contributed by atoms with Crippen LogP contribution < -0.4 is 0 Å².